The van der Waals surface area contributed by atoms with Gasteiger partial charge in [0, 0.05) is 6.07 Å². The van der Waals surface area contributed by atoms with Gasteiger partial charge in [0.25, 0.3) is 0 Å². The highest BCUT2D eigenvalue weighted by Gasteiger charge is 2.12. The number of halogens is 1. The maximum Gasteiger partial charge on any atom is 0.228 e. The summed E-state index contributed by atoms with van der Waals surface area (Å²) in [6.45, 7) is 0. The van der Waals surface area contributed by atoms with Gasteiger partial charge in [0.15, 0.2) is 0 Å². The average molecular weight is 347 g/mol. The summed E-state index contributed by atoms with van der Waals surface area (Å²) in [7, 11) is 1.59. The third-order valence-corrected chi connectivity index (χ3v) is 4.31. The van der Waals surface area contributed by atoms with Crippen LogP contribution in [0.3, 0.4) is 0 Å². The van der Waals surface area contributed by atoms with Crippen LogP contribution in [-0.4, -0.2) is 13.0 Å². The number of nitrogens with one attached hydrogen (secondary N) is 1. The van der Waals surface area contributed by atoms with E-state index in [0.717, 1.165) is 18.4 Å². The van der Waals surface area contributed by atoms with Crippen molar-refractivity contribution in [3.8, 4) is 5.75 Å². The van der Waals surface area contributed by atoms with Gasteiger partial charge in [0.2, 0.25) is 5.91 Å². The van der Waals surface area contributed by atoms with Gasteiger partial charge in [-0.25, -0.2) is 0 Å². The van der Waals surface area contributed by atoms with Crippen molar-refractivity contribution in [2.24, 2.45) is 0 Å². The van der Waals surface area contributed by atoms with Gasteiger partial charge in [0.1, 0.15) is 5.75 Å². The summed E-state index contributed by atoms with van der Waals surface area (Å²) in [6, 6.07) is 11.6. The second-order valence-corrected chi connectivity index (χ2v) is 5.99. The Hall–Kier alpha value is -2.20. The number of ether oxygens (including phenoxy) is 1. The van der Waals surface area contributed by atoms with Crippen LogP contribution in [0.4, 0.5) is 11.4 Å². The second-order valence-electron chi connectivity index (χ2n) is 5.99. The van der Waals surface area contributed by atoms with E-state index in [-0.39, 0.29) is 18.3 Å². The number of methoxy groups -OCH3 is 1. The minimum absolute atomic E-state index is 0. The summed E-state index contributed by atoms with van der Waals surface area (Å²) in [5, 5.41) is 2.87. The van der Waals surface area contributed by atoms with E-state index in [1.807, 2.05) is 0 Å². The van der Waals surface area contributed by atoms with Gasteiger partial charge < -0.3 is 15.8 Å². The minimum Gasteiger partial charge on any atom is -0.497 e. The van der Waals surface area contributed by atoms with Gasteiger partial charge in [-0.1, -0.05) is 18.2 Å². The molecule has 1 aliphatic carbocycles. The fourth-order valence-electron chi connectivity index (χ4n) is 3.05. The molecule has 128 valence electrons. The normalized spacial score (nSPS) is 12.7. The van der Waals surface area contributed by atoms with E-state index < -0.39 is 0 Å². The number of hydrogen-bond acceptors (Lipinski definition) is 3. The first kappa shape index (κ1) is 18.1. The lowest BCUT2D eigenvalue weighted by molar-refractivity contribution is -0.115. The quantitative estimate of drug-likeness (QED) is 0.828. The highest BCUT2D eigenvalue weighted by molar-refractivity contribution is 5.95. The average Bonchev–Trinajstić information content (AvgIpc) is 2.56. The molecule has 0 aliphatic heterocycles. The lowest BCUT2D eigenvalue weighted by atomic mass is 9.90. The number of benzene rings is 2. The molecule has 0 unspecified atom stereocenters. The van der Waals surface area contributed by atoms with Gasteiger partial charge in [-0.2, -0.15) is 0 Å². The van der Waals surface area contributed by atoms with E-state index in [4.69, 9.17) is 10.5 Å². The topological polar surface area (TPSA) is 64.3 Å². The van der Waals surface area contributed by atoms with E-state index in [2.05, 4.69) is 23.5 Å². The number of hydrogen-bond donors (Lipinski definition) is 2. The van der Waals surface area contributed by atoms with Gasteiger partial charge in [-0.15, -0.1) is 12.4 Å². The van der Waals surface area contributed by atoms with Crippen molar-refractivity contribution < 1.29 is 9.53 Å². The van der Waals surface area contributed by atoms with Crippen LogP contribution in [0.5, 0.6) is 5.75 Å². The molecular weight excluding hydrogens is 324 g/mol. The Morgan fingerprint density at radius 1 is 1.12 bits per heavy atom. The van der Waals surface area contributed by atoms with E-state index in [1.54, 1.807) is 25.3 Å². The smallest absolute Gasteiger partial charge is 0.228 e. The monoisotopic (exact) mass is 346 g/mol. The van der Waals surface area contributed by atoms with E-state index in [0.29, 0.717) is 23.5 Å². The molecule has 0 spiro atoms. The van der Waals surface area contributed by atoms with Crippen molar-refractivity contribution in [1.29, 1.82) is 0 Å². The Balaban J connectivity index is 0.00000208. The molecule has 5 heteroatoms. The van der Waals surface area contributed by atoms with Crippen LogP contribution in [0.2, 0.25) is 0 Å². The van der Waals surface area contributed by atoms with Crippen LogP contribution in [0.15, 0.2) is 36.4 Å². The fourth-order valence-corrected chi connectivity index (χ4v) is 3.05. The summed E-state index contributed by atoms with van der Waals surface area (Å²) in [5.74, 6) is 0.601. The summed E-state index contributed by atoms with van der Waals surface area (Å²) in [6.07, 6.45) is 5.13. The maximum atomic E-state index is 12.3. The van der Waals surface area contributed by atoms with Crippen molar-refractivity contribution in [2.45, 2.75) is 32.1 Å². The first-order chi connectivity index (χ1) is 11.2. The van der Waals surface area contributed by atoms with Crippen molar-refractivity contribution in [1.82, 2.24) is 0 Å². The molecule has 1 aliphatic rings. The number of anilines is 2. The number of fused-ring (bicyclic) bond motifs is 1. The number of aryl methyl sites for hydroxylation is 2. The molecule has 0 aromatic heterocycles. The number of carbonyl (C=O) groups is 1. The number of nitrogens with two attached hydrogens (primary N) is 1. The lowest BCUT2D eigenvalue weighted by Gasteiger charge is -2.16. The van der Waals surface area contributed by atoms with Crippen molar-refractivity contribution in [3.05, 3.63) is 53.1 Å². The van der Waals surface area contributed by atoms with Crippen LogP contribution in [-0.2, 0) is 24.1 Å². The van der Waals surface area contributed by atoms with Crippen molar-refractivity contribution >= 4 is 29.7 Å². The van der Waals surface area contributed by atoms with E-state index in [9.17, 15) is 4.79 Å². The Labute approximate surface area is 148 Å². The Morgan fingerprint density at radius 2 is 1.88 bits per heavy atom. The van der Waals surface area contributed by atoms with Crippen LogP contribution >= 0.6 is 12.4 Å². The molecule has 24 heavy (non-hydrogen) atoms. The van der Waals surface area contributed by atoms with Gasteiger partial charge in [-0.3, -0.25) is 4.79 Å². The Morgan fingerprint density at radius 3 is 2.62 bits per heavy atom. The number of nitrogen functional groups attached to an aromatic ring is 1. The molecule has 0 radical (unpaired) electrons. The number of carbonyl (C=O) groups excluding carboxylic acids is 1. The first-order valence-corrected chi connectivity index (χ1v) is 8.00. The molecule has 1 amide bonds. The Kier molecular flexibility index (Phi) is 6.10. The molecule has 0 atom stereocenters. The minimum atomic E-state index is -0.0688. The number of rotatable bonds is 4. The third kappa shape index (κ3) is 4.20. The largest absolute Gasteiger partial charge is 0.497 e. The van der Waals surface area contributed by atoms with Crippen LogP contribution in [0, 0.1) is 0 Å². The number of amides is 1. The zero-order valence-electron chi connectivity index (χ0n) is 13.8. The zero-order valence-corrected chi connectivity index (χ0v) is 14.6. The molecule has 0 bridgehead atoms. The summed E-state index contributed by atoms with van der Waals surface area (Å²) < 4.78 is 5.17. The van der Waals surface area contributed by atoms with Gasteiger partial charge in [-0.05, 0) is 54.5 Å². The second kappa shape index (κ2) is 8.06. The first-order valence-electron chi connectivity index (χ1n) is 8.00. The Bertz CT molecular complexity index is 731. The molecule has 0 saturated heterocycles. The molecule has 3 N–H and O–H groups in total. The fraction of sp³-hybridized carbons (Fsp3) is 0.316. The summed E-state index contributed by atoms with van der Waals surface area (Å²) >= 11 is 0. The van der Waals surface area contributed by atoms with Crippen LogP contribution in [0.1, 0.15) is 29.5 Å². The third-order valence-electron chi connectivity index (χ3n) is 4.31. The molecule has 2 aromatic rings. The highest BCUT2D eigenvalue weighted by Crippen LogP contribution is 2.25. The highest BCUT2D eigenvalue weighted by atomic mass is 35.5. The molecule has 3 rings (SSSR count). The van der Waals surface area contributed by atoms with Gasteiger partial charge >= 0.3 is 0 Å². The summed E-state index contributed by atoms with van der Waals surface area (Å²) in [4.78, 5) is 12.3. The van der Waals surface area contributed by atoms with Crippen LogP contribution < -0.4 is 15.8 Å². The standard InChI is InChI=1S/C19H22N2O2.ClH/c1-23-16-8-9-17(20)18(12-16)21-19(22)11-13-6-7-14-4-2-3-5-15(14)10-13;/h6-10,12H,2-5,11,20H2,1H3,(H,21,22);1H. The lowest BCUT2D eigenvalue weighted by Crippen LogP contribution is -2.16. The molecule has 4 nitrogen and oxygen atoms in total. The molecule has 2 aromatic carbocycles. The molecular formula is C19H23ClN2O2. The molecule has 0 fully saturated rings. The predicted octanol–water partition coefficient (Wildman–Crippen LogP) is 3.76. The zero-order chi connectivity index (χ0) is 16.2. The predicted molar refractivity (Wildman–Crippen MR) is 100 cm³/mol. The molecule has 0 saturated carbocycles. The summed E-state index contributed by atoms with van der Waals surface area (Å²) in [5.41, 5.74) is 10.9. The van der Waals surface area contributed by atoms with Gasteiger partial charge in [0.05, 0.1) is 24.9 Å². The maximum absolute atomic E-state index is 12.3. The van der Waals surface area contributed by atoms with Crippen LogP contribution in [0.25, 0.3) is 0 Å². The SMILES string of the molecule is COc1ccc(N)c(NC(=O)Cc2ccc3c(c2)CCCC3)c1.Cl. The molecule has 0 heterocycles. The van der Waals surface area contributed by atoms with E-state index >= 15 is 0 Å². The van der Waals surface area contributed by atoms with Crippen molar-refractivity contribution in [3.63, 3.8) is 0 Å². The van der Waals surface area contributed by atoms with Crippen molar-refractivity contribution in [2.75, 3.05) is 18.2 Å². The van der Waals surface area contributed by atoms with E-state index in [1.165, 1.54) is 24.0 Å².